The summed E-state index contributed by atoms with van der Waals surface area (Å²) >= 11 is 0. The third kappa shape index (κ3) is 8.78. The average molecular weight is 534 g/mol. The first-order chi connectivity index (χ1) is 17.3. The van der Waals surface area contributed by atoms with E-state index in [1.165, 1.54) is 25.4 Å². The second-order valence-corrected chi connectivity index (χ2v) is 7.29. The van der Waals surface area contributed by atoms with Gasteiger partial charge in [-0.05, 0) is 45.0 Å². The number of halogens is 6. The van der Waals surface area contributed by atoms with Crippen molar-refractivity contribution >= 4 is 23.5 Å². The number of nitrogens with zero attached hydrogens (tertiary/aromatic N) is 4. The number of benzene rings is 1. The summed E-state index contributed by atoms with van der Waals surface area (Å²) in [5.41, 5.74) is 1.83. The summed E-state index contributed by atoms with van der Waals surface area (Å²) in [6.45, 7) is 5.11. The van der Waals surface area contributed by atoms with Gasteiger partial charge in [-0.1, -0.05) is 0 Å². The quantitative estimate of drug-likeness (QED) is 0.216. The summed E-state index contributed by atoms with van der Waals surface area (Å²) in [4.78, 5) is 28.8. The van der Waals surface area contributed by atoms with Crippen molar-refractivity contribution in [1.29, 1.82) is 0 Å². The predicted octanol–water partition coefficient (Wildman–Crippen LogP) is 4.12. The Labute approximate surface area is 207 Å². The predicted molar refractivity (Wildman–Crippen MR) is 121 cm³/mol. The number of ether oxygens (including phenoxy) is 2. The maximum Gasteiger partial charge on any atom is 0.416 e. The van der Waals surface area contributed by atoms with Crippen molar-refractivity contribution in [2.45, 2.75) is 45.5 Å². The molecule has 0 saturated heterocycles. The molecule has 1 aromatic heterocycles. The van der Waals surface area contributed by atoms with E-state index in [-0.39, 0.29) is 36.9 Å². The highest BCUT2D eigenvalue weighted by atomic mass is 19.4. The third-order valence-corrected chi connectivity index (χ3v) is 4.47. The normalized spacial score (nSPS) is 14.1. The summed E-state index contributed by atoms with van der Waals surface area (Å²) < 4.78 is 89.8. The molecule has 2 rings (SSSR count). The molecule has 15 heteroatoms. The van der Waals surface area contributed by atoms with Gasteiger partial charge in [-0.25, -0.2) is 15.0 Å². The van der Waals surface area contributed by atoms with Crippen LogP contribution in [-0.2, 0) is 21.8 Å². The number of nitrogens with one attached hydrogen (secondary N) is 1. The van der Waals surface area contributed by atoms with Crippen LogP contribution in [0.25, 0.3) is 0 Å². The molecule has 0 spiro atoms. The van der Waals surface area contributed by atoms with Gasteiger partial charge >= 0.3 is 12.4 Å². The Hall–Kier alpha value is -3.59. The van der Waals surface area contributed by atoms with Gasteiger partial charge in [-0.15, -0.1) is 0 Å². The standard InChI is InChI=1S/C22H24F6N6O3/c1-4-36-19(37-5-2)16(29)33-17(34-20-30-7-6-8-31-20)12(3)32-18(35)13-9-14(21(23,24)25)11-15(10-13)22(26,27)28/h6-12,19H,4-5H2,1-3H3,(H,32,35)(H2,29,30,31,33,34). The van der Waals surface area contributed by atoms with Gasteiger partial charge in [0.2, 0.25) is 6.29 Å². The number of hydrogen-bond donors (Lipinski definition) is 2. The van der Waals surface area contributed by atoms with Crippen molar-refractivity contribution in [3.8, 4) is 0 Å². The lowest BCUT2D eigenvalue weighted by Crippen LogP contribution is -2.41. The second-order valence-electron chi connectivity index (χ2n) is 7.29. The van der Waals surface area contributed by atoms with Gasteiger partial charge in [-0.3, -0.25) is 4.79 Å². The van der Waals surface area contributed by atoms with Crippen LogP contribution in [0.4, 0.5) is 32.3 Å². The van der Waals surface area contributed by atoms with Crippen LogP contribution in [-0.4, -0.2) is 53.1 Å². The summed E-state index contributed by atoms with van der Waals surface area (Å²) in [6.07, 6.45) is -8.59. The van der Waals surface area contributed by atoms with Gasteiger partial charge in [0.1, 0.15) is 0 Å². The molecule has 0 saturated carbocycles. The molecule has 1 aromatic carbocycles. The van der Waals surface area contributed by atoms with Gasteiger partial charge < -0.3 is 20.5 Å². The highest BCUT2D eigenvalue weighted by Crippen LogP contribution is 2.36. The molecule has 3 N–H and O–H groups in total. The Morgan fingerprint density at radius 2 is 1.51 bits per heavy atom. The van der Waals surface area contributed by atoms with Gasteiger partial charge in [0.05, 0.1) is 17.2 Å². The van der Waals surface area contributed by atoms with Gasteiger partial charge in [-0.2, -0.15) is 31.3 Å². The van der Waals surface area contributed by atoms with Crippen molar-refractivity contribution in [3.63, 3.8) is 0 Å². The molecule has 1 heterocycles. The van der Waals surface area contributed by atoms with Crippen molar-refractivity contribution in [3.05, 3.63) is 53.3 Å². The maximum atomic E-state index is 13.2. The highest BCUT2D eigenvalue weighted by Gasteiger charge is 2.37. The zero-order chi connectivity index (χ0) is 27.8. The molecule has 9 nitrogen and oxygen atoms in total. The summed E-state index contributed by atoms with van der Waals surface area (Å²) in [6, 6.07) is 0.876. The molecule has 202 valence electrons. The number of alkyl halides is 6. The molecular formula is C22H24F6N6O3. The number of carbonyl (C=O) groups is 1. The van der Waals surface area contributed by atoms with Crippen molar-refractivity contribution in [1.82, 2.24) is 15.3 Å². The Kier molecular flexibility index (Phi) is 10.1. The Morgan fingerprint density at radius 3 is 1.97 bits per heavy atom. The lowest BCUT2D eigenvalue weighted by Gasteiger charge is -2.19. The van der Waals surface area contributed by atoms with E-state index in [0.29, 0.717) is 12.1 Å². The van der Waals surface area contributed by atoms with Crippen molar-refractivity contribution in [2.24, 2.45) is 15.7 Å². The van der Waals surface area contributed by atoms with Crippen molar-refractivity contribution in [2.75, 3.05) is 13.2 Å². The summed E-state index contributed by atoms with van der Waals surface area (Å²) in [7, 11) is 0. The monoisotopic (exact) mass is 534 g/mol. The van der Waals surface area contributed by atoms with E-state index in [1.807, 2.05) is 0 Å². The molecule has 0 fully saturated rings. The fourth-order valence-corrected chi connectivity index (χ4v) is 2.81. The van der Waals surface area contributed by atoms with E-state index >= 15 is 0 Å². The molecule has 1 unspecified atom stereocenters. The molecule has 1 amide bonds. The SMILES string of the molecule is CCOC(OCC)C(N)=NC(=Nc1ncccn1)C(C)NC(=O)c1cc(C(F)(F)F)cc(C(F)(F)F)c1. The topological polar surface area (TPSA) is 124 Å². The minimum atomic E-state index is -5.12. The Morgan fingerprint density at radius 1 is 1.00 bits per heavy atom. The molecule has 2 aromatic rings. The first-order valence-electron chi connectivity index (χ1n) is 10.8. The van der Waals surface area contributed by atoms with Crippen LogP contribution < -0.4 is 11.1 Å². The lowest BCUT2D eigenvalue weighted by molar-refractivity contribution is -0.143. The van der Waals surface area contributed by atoms with Crippen LogP contribution >= 0.6 is 0 Å². The van der Waals surface area contributed by atoms with Crippen LogP contribution in [0.15, 0.2) is 46.6 Å². The molecule has 0 aliphatic carbocycles. The minimum absolute atomic E-state index is 0.0770. The minimum Gasteiger partial charge on any atom is -0.383 e. The number of nitrogens with two attached hydrogens (primary N) is 1. The first kappa shape index (κ1) is 29.6. The molecule has 0 aliphatic rings. The van der Waals surface area contributed by atoms with E-state index in [9.17, 15) is 31.1 Å². The van der Waals surface area contributed by atoms with E-state index in [2.05, 4.69) is 25.3 Å². The van der Waals surface area contributed by atoms with Crippen LogP contribution in [0.1, 0.15) is 42.3 Å². The number of aliphatic imine (C=N–C) groups is 2. The fourth-order valence-electron chi connectivity index (χ4n) is 2.81. The Bertz CT molecular complexity index is 1080. The fraction of sp³-hybridized carbons (Fsp3) is 0.409. The van der Waals surface area contributed by atoms with Crippen LogP contribution in [0.2, 0.25) is 0 Å². The zero-order valence-electron chi connectivity index (χ0n) is 19.9. The van der Waals surface area contributed by atoms with Crippen LogP contribution in [0.3, 0.4) is 0 Å². The first-order valence-corrected chi connectivity index (χ1v) is 10.8. The summed E-state index contributed by atoms with van der Waals surface area (Å²) in [5.74, 6) is -1.77. The number of amides is 1. The van der Waals surface area contributed by atoms with Gasteiger partial charge in [0, 0.05) is 31.2 Å². The van der Waals surface area contributed by atoms with E-state index < -0.39 is 47.3 Å². The maximum absolute atomic E-state index is 13.2. The number of rotatable bonds is 9. The van der Waals surface area contributed by atoms with E-state index in [4.69, 9.17) is 15.2 Å². The van der Waals surface area contributed by atoms with Crippen molar-refractivity contribution < 1.29 is 40.6 Å². The zero-order valence-corrected chi connectivity index (χ0v) is 19.9. The summed E-state index contributed by atoms with van der Waals surface area (Å²) in [5, 5.41) is 2.28. The molecule has 0 radical (unpaired) electrons. The average Bonchev–Trinajstić information content (AvgIpc) is 2.82. The molecule has 37 heavy (non-hydrogen) atoms. The van der Waals surface area contributed by atoms with E-state index in [1.54, 1.807) is 13.8 Å². The number of amidine groups is 2. The number of hydrogen-bond acceptors (Lipinski definition) is 6. The lowest BCUT2D eigenvalue weighted by atomic mass is 10.0. The van der Waals surface area contributed by atoms with Crippen LogP contribution in [0.5, 0.6) is 0 Å². The molecule has 0 aliphatic heterocycles. The molecule has 0 bridgehead atoms. The highest BCUT2D eigenvalue weighted by molar-refractivity contribution is 6.04. The third-order valence-electron chi connectivity index (χ3n) is 4.47. The number of aromatic nitrogens is 2. The largest absolute Gasteiger partial charge is 0.416 e. The number of carbonyl (C=O) groups excluding carboxylic acids is 1. The van der Waals surface area contributed by atoms with Gasteiger partial charge in [0.25, 0.3) is 11.9 Å². The van der Waals surface area contributed by atoms with E-state index in [0.717, 1.165) is 0 Å². The van der Waals surface area contributed by atoms with Gasteiger partial charge in [0.15, 0.2) is 11.7 Å². The second kappa shape index (κ2) is 12.6. The smallest absolute Gasteiger partial charge is 0.383 e. The molecular weight excluding hydrogens is 510 g/mol. The Balaban J connectivity index is 2.46. The molecule has 1 atom stereocenters. The van der Waals surface area contributed by atoms with Crippen LogP contribution in [0, 0.1) is 0 Å².